The maximum absolute atomic E-state index is 12.1. The molecule has 2 rings (SSSR count). The Morgan fingerprint density at radius 1 is 1.17 bits per heavy atom. The second-order valence-corrected chi connectivity index (χ2v) is 5.56. The highest BCUT2D eigenvalue weighted by molar-refractivity contribution is 5.92. The average molecular weight is 324 g/mol. The number of nitrogens with zero attached hydrogens (tertiary/aromatic N) is 1. The second kappa shape index (κ2) is 8.06. The summed E-state index contributed by atoms with van der Waals surface area (Å²) in [5.74, 6) is -0.194. The van der Waals surface area contributed by atoms with Gasteiger partial charge in [-0.1, -0.05) is 36.8 Å². The molecule has 0 spiro atoms. The molecule has 0 radical (unpaired) electrons. The average Bonchev–Trinajstić information content (AvgIpc) is 2.59. The monoisotopic (exact) mass is 324 g/mol. The van der Waals surface area contributed by atoms with Gasteiger partial charge in [-0.05, 0) is 42.7 Å². The highest BCUT2D eigenvalue weighted by Gasteiger charge is 2.10. The Hall–Kier alpha value is -2.95. The van der Waals surface area contributed by atoms with E-state index in [1.165, 1.54) is 23.8 Å². The van der Waals surface area contributed by atoms with E-state index in [-0.39, 0.29) is 17.6 Å². The number of hydrogen-bond acceptors (Lipinski definition) is 3. The van der Waals surface area contributed by atoms with E-state index >= 15 is 0 Å². The normalized spacial score (nSPS) is 12.1. The van der Waals surface area contributed by atoms with Gasteiger partial charge in [0.2, 0.25) is 5.91 Å². The lowest BCUT2D eigenvalue weighted by atomic mass is 10.0. The quantitative estimate of drug-likeness (QED) is 0.492. The highest BCUT2D eigenvalue weighted by atomic mass is 16.6. The first-order valence-corrected chi connectivity index (χ1v) is 7.79. The topological polar surface area (TPSA) is 72.2 Å². The van der Waals surface area contributed by atoms with E-state index in [4.69, 9.17) is 0 Å². The van der Waals surface area contributed by atoms with Gasteiger partial charge >= 0.3 is 0 Å². The molecular formula is C19H20N2O3. The van der Waals surface area contributed by atoms with Crippen molar-refractivity contribution in [1.29, 1.82) is 0 Å². The first-order valence-electron chi connectivity index (χ1n) is 7.79. The molecule has 2 aromatic rings. The number of nitrogens with one attached hydrogen (secondary N) is 1. The lowest BCUT2D eigenvalue weighted by molar-refractivity contribution is -0.384. The van der Waals surface area contributed by atoms with Crippen LogP contribution < -0.4 is 5.32 Å². The van der Waals surface area contributed by atoms with Gasteiger partial charge in [0.05, 0.1) is 11.0 Å². The van der Waals surface area contributed by atoms with Gasteiger partial charge in [0.1, 0.15) is 0 Å². The number of nitro groups is 1. The zero-order chi connectivity index (χ0) is 17.5. The molecule has 1 atom stereocenters. The largest absolute Gasteiger partial charge is 0.346 e. The third-order valence-electron chi connectivity index (χ3n) is 3.74. The fourth-order valence-corrected chi connectivity index (χ4v) is 2.32. The molecular weight excluding hydrogens is 304 g/mol. The van der Waals surface area contributed by atoms with Crippen molar-refractivity contribution in [2.45, 2.75) is 26.3 Å². The van der Waals surface area contributed by atoms with Crippen LogP contribution in [-0.4, -0.2) is 10.8 Å². The molecule has 0 aliphatic rings. The van der Waals surface area contributed by atoms with E-state index < -0.39 is 4.92 Å². The summed E-state index contributed by atoms with van der Waals surface area (Å²) >= 11 is 0. The molecule has 2 aromatic carbocycles. The van der Waals surface area contributed by atoms with Crippen LogP contribution in [0.4, 0.5) is 5.69 Å². The van der Waals surface area contributed by atoms with Crippen LogP contribution in [-0.2, 0) is 4.79 Å². The molecule has 0 saturated heterocycles. The summed E-state index contributed by atoms with van der Waals surface area (Å²) in [6.07, 6.45) is 3.87. The fourth-order valence-electron chi connectivity index (χ4n) is 2.32. The number of non-ortho nitro benzene ring substituents is 1. The zero-order valence-electron chi connectivity index (χ0n) is 13.7. The van der Waals surface area contributed by atoms with Crippen molar-refractivity contribution in [2.24, 2.45) is 0 Å². The van der Waals surface area contributed by atoms with E-state index in [0.29, 0.717) is 0 Å². The van der Waals surface area contributed by atoms with Gasteiger partial charge in [-0.15, -0.1) is 0 Å². The Morgan fingerprint density at radius 2 is 1.79 bits per heavy atom. The van der Waals surface area contributed by atoms with Crippen LogP contribution in [0.5, 0.6) is 0 Å². The first-order chi connectivity index (χ1) is 11.5. The molecule has 24 heavy (non-hydrogen) atoms. The van der Waals surface area contributed by atoms with Crippen molar-refractivity contribution < 1.29 is 9.72 Å². The number of nitro benzene ring substituents is 1. The molecule has 0 fully saturated rings. The summed E-state index contributed by atoms with van der Waals surface area (Å²) in [5, 5.41) is 13.6. The predicted molar refractivity (Wildman–Crippen MR) is 94.5 cm³/mol. The minimum absolute atomic E-state index is 0.0296. The lowest BCUT2D eigenvalue weighted by Crippen LogP contribution is -2.26. The van der Waals surface area contributed by atoms with Crippen molar-refractivity contribution in [1.82, 2.24) is 5.32 Å². The Kier molecular flexibility index (Phi) is 5.84. The molecule has 0 aliphatic carbocycles. The molecule has 0 aliphatic heterocycles. The number of rotatable bonds is 6. The van der Waals surface area contributed by atoms with Crippen LogP contribution in [0.25, 0.3) is 6.08 Å². The predicted octanol–water partition coefficient (Wildman–Crippen LogP) is 4.18. The summed E-state index contributed by atoms with van der Waals surface area (Å²) < 4.78 is 0. The molecule has 1 amide bonds. The van der Waals surface area contributed by atoms with E-state index in [1.54, 1.807) is 18.2 Å². The van der Waals surface area contributed by atoms with Gasteiger partial charge < -0.3 is 5.32 Å². The van der Waals surface area contributed by atoms with Crippen molar-refractivity contribution >= 4 is 17.7 Å². The van der Waals surface area contributed by atoms with Gasteiger partial charge in [0.15, 0.2) is 0 Å². The number of carbonyl (C=O) groups excluding carboxylic acids is 1. The Balaban J connectivity index is 2.00. The van der Waals surface area contributed by atoms with Crippen LogP contribution in [0.15, 0.2) is 54.6 Å². The fraction of sp³-hybridized carbons (Fsp3) is 0.211. The molecule has 0 heterocycles. The summed E-state index contributed by atoms with van der Waals surface area (Å²) in [4.78, 5) is 22.3. The number of aryl methyl sites for hydroxylation is 1. The van der Waals surface area contributed by atoms with Crippen molar-refractivity contribution in [3.8, 4) is 0 Å². The first kappa shape index (κ1) is 17.4. The van der Waals surface area contributed by atoms with Crippen molar-refractivity contribution in [3.63, 3.8) is 0 Å². The van der Waals surface area contributed by atoms with Crippen LogP contribution in [0.3, 0.4) is 0 Å². The number of hydrogen-bond donors (Lipinski definition) is 1. The Labute approximate surface area is 141 Å². The SMILES string of the molecule is CC[C@H](NC(=O)/C=C/c1ccc([N+](=O)[O-])cc1)c1ccc(C)cc1. The van der Waals surface area contributed by atoms with Crippen molar-refractivity contribution in [2.75, 3.05) is 0 Å². The third-order valence-corrected chi connectivity index (χ3v) is 3.74. The number of benzene rings is 2. The number of carbonyl (C=O) groups is 1. The molecule has 0 saturated carbocycles. The van der Waals surface area contributed by atoms with Gasteiger partial charge in [-0.2, -0.15) is 0 Å². The zero-order valence-corrected chi connectivity index (χ0v) is 13.7. The van der Waals surface area contributed by atoms with Crippen LogP contribution in [0.2, 0.25) is 0 Å². The summed E-state index contributed by atoms with van der Waals surface area (Å²) in [5.41, 5.74) is 3.01. The standard InChI is InChI=1S/C19H20N2O3/c1-3-18(16-9-4-14(2)5-10-16)20-19(22)13-8-15-6-11-17(12-7-15)21(23)24/h4-13,18H,3H2,1-2H3,(H,20,22)/b13-8+/t18-/m0/s1. The molecule has 0 bridgehead atoms. The lowest BCUT2D eigenvalue weighted by Gasteiger charge is -2.16. The summed E-state index contributed by atoms with van der Waals surface area (Å²) in [7, 11) is 0. The van der Waals surface area contributed by atoms with Gasteiger partial charge in [0.25, 0.3) is 5.69 Å². The Bertz CT molecular complexity index is 734. The van der Waals surface area contributed by atoms with Crippen LogP contribution >= 0.6 is 0 Å². The smallest absolute Gasteiger partial charge is 0.269 e. The Morgan fingerprint density at radius 3 is 2.33 bits per heavy atom. The second-order valence-electron chi connectivity index (χ2n) is 5.56. The molecule has 5 nitrogen and oxygen atoms in total. The minimum atomic E-state index is -0.451. The van der Waals surface area contributed by atoms with Gasteiger partial charge in [0, 0.05) is 18.2 Å². The van der Waals surface area contributed by atoms with E-state index in [1.807, 2.05) is 38.1 Å². The molecule has 124 valence electrons. The molecule has 0 aromatic heterocycles. The minimum Gasteiger partial charge on any atom is -0.346 e. The highest BCUT2D eigenvalue weighted by Crippen LogP contribution is 2.17. The number of amides is 1. The van der Waals surface area contributed by atoms with Crippen molar-refractivity contribution in [3.05, 3.63) is 81.4 Å². The molecule has 0 unspecified atom stereocenters. The van der Waals surface area contributed by atoms with E-state index in [9.17, 15) is 14.9 Å². The maximum Gasteiger partial charge on any atom is 0.269 e. The van der Waals surface area contributed by atoms with Gasteiger partial charge in [-0.25, -0.2) is 0 Å². The third kappa shape index (κ3) is 4.78. The molecule has 5 heteroatoms. The maximum atomic E-state index is 12.1. The molecule has 1 N–H and O–H groups in total. The summed E-state index contributed by atoms with van der Waals surface area (Å²) in [6, 6.07) is 14.1. The van der Waals surface area contributed by atoms with Crippen LogP contribution in [0.1, 0.15) is 36.1 Å². The van der Waals surface area contributed by atoms with Crippen LogP contribution in [0, 0.1) is 17.0 Å². The summed E-state index contributed by atoms with van der Waals surface area (Å²) in [6.45, 7) is 4.04. The van der Waals surface area contributed by atoms with E-state index in [0.717, 1.165) is 17.5 Å². The van der Waals surface area contributed by atoms with E-state index in [2.05, 4.69) is 5.32 Å². The van der Waals surface area contributed by atoms with Gasteiger partial charge in [-0.3, -0.25) is 14.9 Å².